The fourth-order valence-corrected chi connectivity index (χ4v) is 7.82. The highest BCUT2D eigenvalue weighted by Gasteiger charge is 2.63. The minimum atomic E-state index is -0.859. The summed E-state index contributed by atoms with van der Waals surface area (Å²) in [6, 6.07) is 9.05. The van der Waals surface area contributed by atoms with Crippen molar-refractivity contribution in [1.29, 1.82) is 0 Å². The van der Waals surface area contributed by atoms with Crippen LogP contribution in [-0.4, -0.2) is 20.9 Å². The van der Waals surface area contributed by atoms with Crippen LogP contribution in [0.3, 0.4) is 0 Å². The Kier molecular flexibility index (Phi) is 4.91. The van der Waals surface area contributed by atoms with Gasteiger partial charge in [0.2, 0.25) is 9.04 Å². The second-order valence-electron chi connectivity index (χ2n) is 10.4. The van der Waals surface area contributed by atoms with Gasteiger partial charge in [0.05, 0.1) is 11.5 Å². The smallest absolute Gasteiger partial charge is 0.205 e. The molecule has 0 heterocycles. The molecule has 3 aliphatic carbocycles. The summed E-state index contributed by atoms with van der Waals surface area (Å²) in [5.74, 6) is 2.31. The molecule has 27 heavy (non-hydrogen) atoms. The van der Waals surface area contributed by atoms with E-state index in [0.717, 1.165) is 25.7 Å². The van der Waals surface area contributed by atoms with Crippen LogP contribution in [0.5, 0.6) is 0 Å². The predicted octanol–water partition coefficient (Wildman–Crippen LogP) is 5.77. The van der Waals surface area contributed by atoms with Crippen LogP contribution in [0, 0.1) is 22.7 Å². The van der Waals surface area contributed by atoms with Gasteiger partial charge in [0.25, 0.3) is 0 Å². The molecule has 2 fully saturated rings. The SMILES string of the molecule is C[Si](C)OC(C(C)(C)C)[C@]12CC[C@@H]3c4ccccc4CC[C@H]3[C@@H]1CCC2=O. The molecule has 1 aromatic rings. The van der Waals surface area contributed by atoms with Crippen molar-refractivity contribution < 1.29 is 9.22 Å². The van der Waals surface area contributed by atoms with Gasteiger partial charge in [-0.3, -0.25) is 4.79 Å². The second-order valence-corrected chi connectivity index (χ2v) is 12.5. The normalized spacial score (nSPS) is 34.1. The maximum absolute atomic E-state index is 13.5. The van der Waals surface area contributed by atoms with E-state index in [2.05, 4.69) is 58.1 Å². The van der Waals surface area contributed by atoms with Crippen molar-refractivity contribution in [2.24, 2.45) is 22.7 Å². The van der Waals surface area contributed by atoms with Crippen molar-refractivity contribution in [3.8, 4) is 0 Å². The minimum absolute atomic E-state index is 0.000399. The highest BCUT2D eigenvalue weighted by Crippen LogP contribution is 2.63. The number of carbonyl (C=O) groups is 1. The Morgan fingerprint density at radius 3 is 2.56 bits per heavy atom. The van der Waals surface area contributed by atoms with Crippen molar-refractivity contribution in [3.63, 3.8) is 0 Å². The van der Waals surface area contributed by atoms with Crippen LogP contribution in [0.15, 0.2) is 24.3 Å². The molecule has 5 atom stereocenters. The van der Waals surface area contributed by atoms with E-state index in [1.165, 1.54) is 12.8 Å². The highest BCUT2D eigenvalue weighted by molar-refractivity contribution is 6.48. The summed E-state index contributed by atoms with van der Waals surface area (Å²) in [5, 5.41) is 0. The molecule has 3 aliphatic rings. The summed E-state index contributed by atoms with van der Waals surface area (Å²) in [6.45, 7) is 11.3. The molecule has 3 heteroatoms. The maximum atomic E-state index is 13.5. The largest absolute Gasteiger partial charge is 0.413 e. The molecule has 4 rings (SSSR count). The van der Waals surface area contributed by atoms with Gasteiger partial charge in [0, 0.05) is 6.42 Å². The fourth-order valence-electron chi connectivity index (χ4n) is 6.79. The van der Waals surface area contributed by atoms with Crippen molar-refractivity contribution in [2.75, 3.05) is 0 Å². The Balaban J connectivity index is 1.75. The van der Waals surface area contributed by atoms with E-state index in [1.54, 1.807) is 11.1 Å². The topological polar surface area (TPSA) is 26.3 Å². The molecular weight excluding hydrogens is 348 g/mol. The Hall–Kier alpha value is -0.933. The van der Waals surface area contributed by atoms with Crippen molar-refractivity contribution in [3.05, 3.63) is 35.4 Å². The summed E-state index contributed by atoms with van der Waals surface area (Å²) in [6.07, 6.45) is 6.49. The molecule has 1 aromatic carbocycles. The molecule has 2 nitrogen and oxygen atoms in total. The number of carbonyl (C=O) groups excluding carboxylic acids is 1. The Morgan fingerprint density at radius 1 is 1.11 bits per heavy atom. The average molecular weight is 384 g/mol. The molecule has 147 valence electrons. The second kappa shape index (κ2) is 6.84. The number of aryl methyl sites for hydroxylation is 1. The molecule has 0 bridgehead atoms. The van der Waals surface area contributed by atoms with Gasteiger partial charge in [0.15, 0.2) is 0 Å². The molecule has 2 saturated carbocycles. The summed E-state index contributed by atoms with van der Waals surface area (Å²) >= 11 is 0. The van der Waals surface area contributed by atoms with Gasteiger partial charge >= 0.3 is 0 Å². The Labute approximate surface area is 166 Å². The standard InChI is InChI=1S/C24H35O2Si/c1-23(2,3)22(26-27(4)5)24-15-14-18-17-9-7-6-8-16(17)10-11-19(18)20(24)12-13-21(24)25/h6-9,18-20,22H,10-15H2,1-5H3/t18-,19-,20+,22?,24-/m1/s1. The van der Waals surface area contributed by atoms with Crippen LogP contribution in [0.2, 0.25) is 13.1 Å². The molecule has 0 amide bonds. The molecule has 1 radical (unpaired) electrons. The Morgan fingerprint density at radius 2 is 1.85 bits per heavy atom. The predicted molar refractivity (Wildman–Crippen MR) is 112 cm³/mol. The van der Waals surface area contributed by atoms with Crippen LogP contribution in [0.4, 0.5) is 0 Å². The van der Waals surface area contributed by atoms with E-state index in [-0.39, 0.29) is 16.9 Å². The molecule has 1 unspecified atom stereocenters. The first kappa shape index (κ1) is 19.4. The first-order valence-electron chi connectivity index (χ1n) is 10.8. The highest BCUT2D eigenvalue weighted by atomic mass is 28.3. The van der Waals surface area contributed by atoms with Gasteiger partial charge in [-0.05, 0) is 79.5 Å². The lowest BCUT2D eigenvalue weighted by Gasteiger charge is -2.55. The van der Waals surface area contributed by atoms with E-state index in [4.69, 9.17) is 4.43 Å². The molecule has 0 spiro atoms. The first-order chi connectivity index (χ1) is 12.7. The number of ketones is 1. The zero-order chi connectivity index (χ0) is 19.4. The maximum Gasteiger partial charge on any atom is 0.205 e. The monoisotopic (exact) mass is 383 g/mol. The van der Waals surface area contributed by atoms with Gasteiger partial charge in [-0.1, -0.05) is 45.0 Å². The number of fused-ring (bicyclic) bond motifs is 5. The van der Waals surface area contributed by atoms with E-state index in [9.17, 15) is 4.79 Å². The summed E-state index contributed by atoms with van der Waals surface area (Å²) in [5.41, 5.74) is 2.88. The first-order valence-corrected chi connectivity index (χ1v) is 13.2. The number of hydrogen-bond acceptors (Lipinski definition) is 2. The quantitative estimate of drug-likeness (QED) is 0.619. The van der Waals surface area contributed by atoms with Crippen LogP contribution in [0.1, 0.15) is 69.9 Å². The third-order valence-corrected chi connectivity index (χ3v) is 8.28. The Bertz CT molecular complexity index is 719. The van der Waals surface area contributed by atoms with E-state index in [1.807, 2.05) is 0 Å². The summed E-state index contributed by atoms with van der Waals surface area (Å²) < 4.78 is 6.66. The number of hydrogen-bond donors (Lipinski definition) is 0. The lowest BCUT2D eigenvalue weighted by Crippen LogP contribution is -2.57. The van der Waals surface area contributed by atoms with Gasteiger partial charge in [-0.25, -0.2) is 0 Å². The summed E-state index contributed by atoms with van der Waals surface area (Å²) in [7, 11) is -0.859. The third-order valence-electron chi connectivity index (χ3n) is 7.58. The van der Waals surface area contributed by atoms with Crippen LogP contribution in [-0.2, 0) is 15.6 Å². The lowest BCUT2D eigenvalue weighted by molar-refractivity contribution is -0.148. The van der Waals surface area contributed by atoms with Crippen molar-refractivity contribution in [1.82, 2.24) is 0 Å². The van der Waals surface area contributed by atoms with Crippen LogP contribution in [0.25, 0.3) is 0 Å². The molecule has 0 aromatic heterocycles. The molecular formula is C24H35O2Si. The van der Waals surface area contributed by atoms with Gasteiger partial charge in [0.1, 0.15) is 5.78 Å². The van der Waals surface area contributed by atoms with Gasteiger partial charge in [-0.2, -0.15) is 0 Å². The molecule has 0 N–H and O–H groups in total. The van der Waals surface area contributed by atoms with Crippen molar-refractivity contribution in [2.45, 2.75) is 84.4 Å². The van der Waals surface area contributed by atoms with Crippen LogP contribution < -0.4 is 0 Å². The van der Waals surface area contributed by atoms with E-state index in [0.29, 0.717) is 23.5 Å². The van der Waals surface area contributed by atoms with Crippen LogP contribution >= 0.6 is 0 Å². The zero-order valence-corrected chi connectivity index (χ0v) is 18.7. The number of rotatable bonds is 3. The number of Topliss-reactive ketones (excluding diaryl/α,β-unsaturated/α-hetero) is 1. The third kappa shape index (κ3) is 3.06. The number of benzene rings is 1. The summed E-state index contributed by atoms with van der Waals surface area (Å²) in [4.78, 5) is 13.5. The van der Waals surface area contributed by atoms with E-state index >= 15 is 0 Å². The zero-order valence-electron chi connectivity index (χ0n) is 17.7. The van der Waals surface area contributed by atoms with Gasteiger partial charge in [-0.15, -0.1) is 0 Å². The van der Waals surface area contributed by atoms with E-state index < -0.39 is 9.04 Å². The van der Waals surface area contributed by atoms with Crippen molar-refractivity contribution >= 4 is 14.8 Å². The molecule has 0 saturated heterocycles. The van der Waals surface area contributed by atoms with Gasteiger partial charge < -0.3 is 4.43 Å². The average Bonchev–Trinajstić information content (AvgIpc) is 2.96. The lowest BCUT2D eigenvalue weighted by atomic mass is 9.51. The fraction of sp³-hybridized carbons (Fsp3) is 0.708. The molecule has 0 aliphatic heterocycles. The minimum Gasteiger partial charge on any atom is -0.413 e.